The molecule has 1 aromatic carbocycles. The SMILES string of the molecule is N#C/C(=C\Cc1cccnc1)c1ccc(F)cc1. The molecular weight excluding hydrogens is 227 g/mol. The summed E-state index contributed by atoms with van der Waals surface area (Å²) in [7, 11) is 0. The van der Waals surface area contributed by atoms with Crippen molar-refractivity contribution in [1.82, 2.24) is 4.98 Å². The van der Waals surface area contributed by atoms with Gasteiger partial charge in [-0.1, -0.05) is 24.3 Å². The lowest BCUT2D eigenvalue weighted by Crippen LogP contribution is -1.86. The number of rotatable bonds is 3. The molecule has 0 radical (unpaired) electrons. The van der Waals surface area contributed by atoms with Crippen LogP contribution in [0.3, 0.4) is 0 Å². The molecule has 3 heteroatoms. The highest BCUT2D eigenvalue weighted by Crippen LogP contribution is 2.15. The van der Waals surface area contributed by atoms with Crippen LogP contribution in [0.1, 0.15) is 11.1 Å². The Kier molecular flexibility index (Phi) is 3.83. The molecule has 1 heterocycles. The van der Waals surface area contributed by atoms with Gasteiger partial charge in [0, 0.05) is 12.4 Å². The molecule has 0 aliphatic rings. The third-order valence-electron chi connectivity index (χ3n) is 2.54. The van der Waals surface area contributed by atoms with Crippen molar-refractivity contribution in [3.05, 3.63) is 71.8 Å². The average Bonchev–Trinajstić information content (AvgIpc) is 2.42. The number of benzene rings is 1. The highest BCUT2D eigenvalue weighted by Gasteiger charge is 2.00. The van der Waals surface area contributed by atoms with Crippen LogP contribution in [0.25, 0.3) is 5.57 Å². The van der Waals surface area contributed by atoms with Crippen molar-refractivity contribution in [3.8, 4) is 6.07 Å². The van der Waals surface area contributed by atoms with E-state index in [-0.39, 0.29) is 5.82 Å². The fourth-order valence-electron chi connectivity index (χ4n) is 1.60. The van der Waals surface area contributed by atoms with Crippen LogP contribution < -0.4 is 0 Å². The van der Waals surface area contributed by atoms with E-state index in [0.29, 0.717) is 12.0 Å². The quantitative estimate of drug-likeness (QED) is 0.769. The monoisotopic (exact) mass is 238 g/mol. The van der Waals surface area contributed by atoms with Gasteiger partial charge in [0.05, 0.1) is 11.6 Å². The van der Waals surface area contributed by atoms with Gasteiger partial charge in [0.15, 0.2) is 0 Å². The van der Waals surface area contributed by atoms with Gasteiger partial charge in [0.2, 0.25) is 0 Å². The molecule has 2 aromatic rings. The standard InChI is InChI=1S/C15H11FN2/c16-15-7-5-13(6-8-15)14(10-17)4-3-12-2-1-9-18-11-12/h1-2,4-9,11H,3H2/b14-4+. The molecule has 0 aliphatic carbocycles. The second kappa shape index (κ2) is 5.74. The topological polar surface area (TPSA) is 36.7 Å². The highest BCUT2D eigenvalue weighted by atomic mass is 19.1. The van der Waals surface area contributed by atoms with E-state index in [9.17, 15) is 4.39 Å². The lowest BCUT2D eigenvalue weighted by atomic mass is 10.0. The second-order valence-electron chi connectivity index (χ2n) is 3.80. The Hall–Kier alpha value is -2.47. The Labute approximate surface area is 105 Å². The third kappa shape index (κ3) is 3.02. The van der Waals surface area contributed by atoms with E-state index in [1.165, 1.54) is 12.1 Å². The van der Waals surface area contributed by atoms with Crippen molar-refractivity contribution in [3.63, 3.8) is 0 Å². The lowest BCUT2D eigenvalue weighted by Gasteiger charge is -1.99. The molecule has 0 atom stereocenters. The molecule has 0 N–H and O–H groups in total. The van der Waals surface area contributed by atoms with Crippen molar-refractivity contribution in [2.75, 3.05) is 0 Å². The zero-order valence-corrected chi connectivity index (χ0v) is 9.68. The molecule has 2 rings (SSSR count). The first-order chi connectivity index (χ1) is 8.79. The van der Waals surface area contributed by atoms with Crippen molar-refractivity contribution < 1.29 is 4.39 Å². The number of hydrogen-bond acceptors (Lipinski definition) is 2. The average molecular weight is 238 g/mol. The number of aromatic nitrogens is 1. The Morgan fingerprint density at radius 1 is 1.28 bits per heavy atom. The van der Waals surface area contributed by atoms with Crippen LogP contribution in [-0.2, 0) is 6.42 Å². The molecule has 1 aromatic heterocycles. The first kappa shape index (κ1) is 12.0. The maximum atomic E-state index is 12.8. The zero-order chi connectivity index (χ0) is 12.8. The summed E-state index contributed by atoms with van der Waals surface area (Å²) >= 11 is 0. The summed E-state index contributed by atoms with van der Waals surface area (Å²) in [4.78, 5) is 4.01. The van der Waals surface area contributed by atoms with Crippen LogP contribution in [-0.4, -0.2) is 4.98 Å². The van der Waals surface area contributed by atoms with Crippen LogP contribution in [0.4, 0.5) is 4.39 Å². The summed E-state index contributed by atoms with van der Waals surface area (Å²) in [6.07, 6.45) is 5.92. The summed E-state index contributed by atoms with van der Waals surface area (Å²) in [5.41, 5.74) is 2.30. The minimum atomic E-state index is -0.303. The predicted octanol–water partition coefficient (Wildman–Crippen LogP) is 3.37. The molecule has 0 fully saturated rings. The van der Waals surface area contributed by atoms with Crippen molar-refractivity contribution in [1.29, 1.82) is 5.26 Å². The first-order valence-corrected chi connectivity index (χ1v) is 5.54. The van der Waals surface area contributed by atoms with Gasteiger partial charge in [-0.2, -0.15) is 5.26 Å². The van der Waals surface area contributed by atoms with Crippen molar-refractivity contribution >= 4 is 5.57 Å². The Bertz CT molecular complexity index is 580. The fraction of sp³-hybridized carbons (Fsp3) is 0.0667. The molecule has 0 aliphatic heterocycles. The van der Waals surface area contributed by atoms with Gasteiger partial charge >= 0.3 is 0 Å². The first-order valence-electron chi connectivity index (χ1n) is 5.54. The van der Waals surface area contributed by atoms with Crippen LogP contribution >= 0.6 is 0 Å². The van der Waals surface area contributed by atoms with E-state index in [1.54, 1.807) is 24.5 Å². The van der Waals surface area contributed by atoms with E-state index in [0.717, 1.165) is 11.1 Å². The second-order valence-corrected chi connectivity index (χ2v) is 3.80. The van der Waals surface area contributed by atoms with Gasteiger partial charge in [-0.3, -0.25) is 4.98 Å². The molecule has 18 heavy (non-hydrogen) atoms. The molecule has 0 saturated carbocycles. The minimum absolute atomic E-state index is 0.303. The van der Waals surface area contributed by atoms with Crippen LogP contribution in [0.2, 0.25) is 0 Å². The van der Waals surface area contributed by atoms with E-state index in [4.69, 9.17) is 5.26 Å². The number of hydrogen-bond donors (Lipinski definition) is 0. The Morgan fingerprint density at radius 2 is 2.06 bits per heavy atom. The summed E-state index contributed by atoms with van der Waals surface area (Å²) in [5.74, 6) is -0.303. The van der Waals surface area contributed by atoms with Gasteiger partial charge in [-0.25, -0.2) is 4.39 Å². The largest absolute Gasteiger partial charge is 0.264 e. The Balaban J connectivity index is 2.19. The van der Waals surface area contributed by atoms with Gasteiger partial charge < -0.3 is 0 Å². The molecule has 2 nitrogen and oxygen atoms in total. The fourth-order valence-corrected chi connectivity index (χ4v) is 1.60. The summed E-state index contributed by atoms with van der Waals surface area (Å²) in [6, 6.07) is 11.8. The van der Waals surface area contributed by atoms with Crippen molar-refractivity contribution in [2.45, 2.75) is 6.42 Å². The predicted molar refractivity (Wildman–Crippen MR) is 67.9 cm³/mol. The van der Waals surface area contributed by atoms with Gasteiger partial charge in [-0.15, -0.1) is 0 Å². The van der Waals surface area contributed by atoms with Crippen LogP contribution in [0.15, 0.2) is 54.9 Å². The van der Waals surface area contributed by atoms with E-state index in [1.807, 2.05) is 18.2 Å². The smallest absolute Gasteiger partial charge is 0.123 e. The number of nitrogens with zero attached hydrogens (tertiary/aromatic N) is 2. The minimum Gasteiger partial charge on any atom is -0.264 e. The molecule has 0 unspecified atom stereocenters. The van der Waals surface area contributed by atoms with Crippen LogP contribution in [0, 0.1) is 17.1 Å². The van der Waals surface area contributed by atoms with E-state index < -0.39 is 0 Å². The molecule has 0 bridgehead atoms. The summed E-state index contributed by atoms with van der Waals surface area (Å²) < 4.78 is 12.8. The normalized spacial score (nSPS) is 11.0. The number of pyridine rings is 1. The number of halogens is 1. The molecule has 0 amide bonds. The van der Waals surface area contributed by atoms with Gasteiger partial charge in [-0.05, 0) is 35.7 Å². The molecule has 0 saturated heterocycles. The number of nitriles is 1. The molecule has 0 spiro atoms. The summed E-state index contributed by atoms with van der Waals surface area (Å²) in [5, 5.41) is 9.10. The van der Waals surface area contributed by atoms with E-state index in [2.05, 4.69) is 11.1 Å². The Morgan fingerprint density at radius 3 is 2.67 bits per heavy atom. The van der Waals surface area contributed by atoms with Gasteiger partial charge in [0.1, 0.15) is 5.82 Å². The third-order valence-corrected chi connectivity index (χ3v) is 2.54. The van der Waals surface area contributed by atoms with Gasteiger partial charge in [0.25, 0.3) is 0 Å². The number of allylic oxidation sites excluding steroid dienone is 2. The molecular formula is C15H11FN2. The highest BCUT2D eigenvalue weighted by molar-refractivity contribution is 5.76. The van der Waals surface area contributed by atoms with E-state index >= 15 is 0 Å². The lowest BCUT2D eigenvalue weighted by molar-refractivity contribution is 0.627. The molecule has 88 valence electrons. The maximum Gasteiger partial charge on any atom is 0.123 e. The van der Waals surface area contributed by atoms with Crippen molar-refractivity contribution in [2.24, 2.45) is 0 Å². The zero-order valence-electron chi connectivity index (χ0n) is 9.68. The summed E-state index contributed by atoms with van der Waals surface area (Å²) in [6.45, 7) is 0. The van der Waals surface area contributed by atoms with Crippen LogP contribution in [0.5, 0.6) is 0 Å². The maximum absolute atomic E-state index is 12.8.